The van der Waals surface area contributed by atoms with Gasteiger partial charge in [-0.2, -0.15) is 0 Å². The number of hydrogen-bond acceptors (Lipinski definition) is 3. The Morgan fingerprint density at radius 1 is 1.07 bits per heavy atom. The molecule has 0 aliphatic carbocycles. The molecule has 0 aromatic heterocycles. The summed E-state index contributed by atoms with van der Waals surface area (Å²) in [7, 11) is 0. The Morgan fingerprint density at radius 2 is 1.76 bits per heavy atom. The van der Waals surface area contributed by atoms with E-state index >= 15 is 0 Å². The zero-order valence-corrected chi connectivity index (χ0v) is 17.5. The molecule has 154 valence electrons. The van der Waals surface area contributed by atoms with Gasteiger partial charge >= 0.3 is 0 Å². The minimum atomic E-state index is -0.563. The SMILES string of the molecule is CCc1ccc(NC(=O)[C@@H](CC(C)C)NC(=O)[C@@H]2Cc3ccccc3CN2)cc1. The molecular formula is C24H31N3O2. The summed E-state index contributed by atoms with van der Waals surface area (Å²) in [6, 6.07) is 15.1. The average Bonchev–Trinajstić information content (AvgIpc) is 2.73. The van der Waals surface area contributed by atoms with Crippen LogP contribution >= 0.6 is 0 Å². The third-order valence-electron chi connectivity index (χ3n) is 5.37. The molecule has 0 saturated carbocycles. The summed E-state index contributed by atoms with van der Waals surface area (Å²) in [5, 5.41) is 9.22. The van der Waals surface area contributed by atoms with Gasteiger partial charge < -0.3 is 16.0 Å². The molecule has 0 bridgehead atoms. The molecule has 3 N–H and O–H groups in total. The zero-order valence-electron chi connectivity index (χ0n) is 17.5. The van der Waals surface area contributed by atoms with Crippen LogP contribution in [0.25, 0.3) is 0 Å². The molecule has 0 radical (unpaired) electrons. The number of nitrogens with one attached hydrogen (secondary N) is 3. The van der Waals surface area contributed by atoms with E-state index in [9.17, 15) is 9.59 Å². The summed E-state index contributed by atoms with van der Waals surface area (Å²) < 4.78 is 0. The number of aryl methyl sites for hydroxylation is 1. The van der Waals surface area contributed by atoms with Crippen molar-refractivity contribution in [1.82, 2.24) is 10.6 Å². The first-order valence-corrected chi connectivity index (χ1v) is 10.5. The standard InChI is InChI=1S/C24H31N3O2/c1-4-17-9-11-20(12-10-17)26-24(29)22(13-16(2)3)27-23(28)21-14-18-7-5-6-8-19(18)15-25-21/h5-12,16,21-22,25H,4,13-15H2,1-3H3,(H,26,29)(H,27,28)/t21-,22+/m0/s1. The fourth-order valence-corrected chi connectivity index (χ4v) is 3.67. The molecule has 0 spiro atoms. The third kappa shape index (κ3) is 5.67. The van der Waals surface area contributed by atoms with Gasteiger partial charge in [0, 0.05) is 12.2 Å². The fraction of sp³-hybridized carbons (Fsp3) is 0.417. The number of anilines is 1. The maximum atomic E-state index is 12.9. The first kappa shape index (κ1) is 21.1. The number of amides is 2. The highest BCUT2D eigenvalue weighted by molar-refractivity contribution is 5.98. The molecule has 2 aromatic carbocycles. The van der Waals surface area contributed by atoms with Crippen LogP contribution in [0, 0.1) is 5.92 Å². The van der Waals surface area contributed by atoms with E-state index in [-0.39, 0.29) is 23.8 Å². The molecule has 0 saturated heterocycles. The van der Waals surface area contributed by atoms with E-state index in [0.29, 0.717) is 19.4 Å². The summed E-state index contributed by atoms with van der Waals surface area (Å²) in [5.74, 6) is -0.0114. The smallest absolute Gasteiger partial charge is 0.246 e. The lowest BCUT2D eigenvalue weighted by Gasteiger charge is -2.28. The topological polar surface area (TPSA) is 70.2 Å². The van der Waals surface area contributed by atoms with Crippen molar-refractivity contribution in [3.8, 4) is 0 Å². The van der Waals surface area contributed by atoms with Gasteiger partial charge in [0.2, 0.25) is 11.8 Å². The van der Waals surface area contributed by atoms with Crippen LogP contribution < -0.4 is 16.0 Å². The minimum absolute atomic E-state index is 0.123. The molecule has 2 amide bonds. The number of carbonyl (C=O) groups is 2. The second-order valence-electron chi connectivity index (χ2n) is 8.14. The molecule has 1 aliphatic heterocycles. The Bertz CT molecular complexity index is 845. The van der Waals surface area contributed by atoms with Crippen molar-refractivity contribution in [3.63, 3.8) is 0 Å². The number of carbonyl (C=O) groups excluding carboxylic acids is 2. The van der Waals surface area contributed by atoms with Gasteiger partial charge in [-0.1, -0.05) is 57.2 Å². The molecule has 5 nitrogen and oxygen atoms in total. The van der Waals surface area contributed by atoms with Gasteiger partial charge in [-0.05, 0) is 54.0 Å². The summed E-state index contributed by atoms with van der Waals surface area (Å²) >= 11 is 0. The summed E-state index contributed by atoms with van der Waals surface area (Å²) in [4.78, 5) is 25.8. The predicted molar refractivity (Wildman–Crippen MR) is 117 cm³/mol. The second kappa shape index (κ2) is 9.70. The highest BCUT2D eigenvalue weighted by atomic mass is 16.2. The van der Waals surface area contributed by atoms with E-state index in [1.54, 1.807) is 0 Å². The maximum Gasteiger partial charge on any atom is 0.246 e. The molecule has 5 heteroatoms. The second-order valence-corrected chi connectivity index (χ2v) is 8.14. The monoisotopic (exact) mass is 393 g/mol. The quantitative estimate of drug-likeness (QED) is 0.675. The van der Waals surface area contributed by atoms with Crippen LogP contribution in [0.15, 0.2) is 48.5 Å². The number of rotatable bonds is 7. The van der Waals surface area contributed by atoms with Gasteiger partial charge in [0.15, 0.2) is 0 Å². The first-order chi connectivity index (χ1) is 14.0. The number of hydrogen-bond donors (Lipinski definition) is 3. The van der Waals surface area contributed by atoms with Gasteiger partial charge in [-0.25, -0.2) is 0 Å². The van der Waals surface area contributed by atoms with Gasteiger partial charge in [0.25, 0.3) is 0 Å². The van der Waals surface area contributed by atoms with E-state index in [1.165, 1.54) is 16.7 Å². The first-order valence-electron chi connectivity index (χ1n) is 10.5. The summed E-state index contributed by atoms with van der Waals surface area (Å²) in [5.41, 5.74) is 4.38. The highest BCUT2D eigenvalue weighted by Gasteiger charge is 2.28. The van der Waals surface area contributed by atoms with Crippen LogP contribution in [0.1, 0.15) is 43.9 Å². The lowest BCUT2D eigenvalue weighted by atomic mass is 9.95. The molecule has 1 aliphatic rings. The molecular weight excluding hydrogens is 362 g/mol. The van der Waals surface area contributed by atoms with Crippen molar-refractivity contribution >= 4 is 17.5 Å². The highest BCUT2D eigenvalue weighted by Crippen LogP contribution is 2.17. The maximum absolute atomic E-state index is 12.9. The van der Waals surface area contributed by atoms with Gasteiger partial charge in [-0.15, -0.1) is 0 Å². The van der Waals surface area contributed by atoms with E-state index in [2.05, 4.69) is 48.9 Å². The normalized spacial score (nSPS) is 16.8. The zero-order chi connectivity index (χ0) is 20.8. The Hall–Kier alpha value is -2.66. The van der Waals surface area contributed by atoms with Gasteiger partial charge in [0.1, 0.15) is 6.04 Å². The number of benzene rings is 2. The fourth-order valence-electron chi connectivity index (χ4n) is 3.67. The summed E-state index contributed by atoms with van der Waals surface area (Å²) in [6.07, 6.45) is 2.18. The van der Waals surface area contributed by atoms with Crippen molar-refractivity contribution in [1.29, 1.82) is 0 Å². The van der Waals surface area contributed by atoms with Crippen LogP contribution in [0.2, 0.25) is 0 Å². The van der Waals surface area contributed by atoms with Crippen molar-refractivity contribution in [2.75, 3.05) is 5.32 Å². The van der Waals surface area contributed by atoms with Crippen LogP contribution in [-0.2, 0) is 29.0 Å². The Balaban J connectivity index is 1.64. The number of fused-ring (bicyclic) bond motifs is 1. The Kier molecular flexibility index (Phi) is 7.04. The van der Waals surface area contributed by atoms with Crippen molar-refractivity contribution in [2.24, 2.45) is 5.92 Å². The van der Waals surface area contributed by atoms with E-state index in [0.717, 1.165) is 12.1 Å². The van der Waals surface area contributed by atoms with Crippen LogP contribution in [0.4, 0.5) is 5.69 Å². The molecule has 3 rings (SSSR count). The third-order valence-corrected chi connectivity index (χ3v) is 5.37. The summed E-state index contributed by atoms with van der Waals surface area (Å²) in [6.45, 7) is 6.87. The predicted octanol–water partition coefficient (Wildman–Crippen LogP) is 3.43. The van der Waals surface area contributed by atoms with Crippen molar-refractivity contribution < 1.29 is 9.59 Å². The molecule has 1 heterocycles. The van der Waals surface area contributed by atoms with E-state index in [1.807, 2.05) is 36.4 Å². The average molecular weight is 394 g/mol. The van der Waals surface area contributed by atoms with Gasteiger partial charge in [0.05, 0.1) is 6.04 Å². The minimum Gasteiger partial charge on any atom is -0.343 e. The molecule has 2 aromatic rings. The largest absolute Gasteiger partial charge is 0.343 e. The van der Waals surface area contributed by atoms with Crippen molar-refractivity contribution in [2.45, 2.75) is 58.7 Å². The van der Waals surface area contributed by atoms with Crippen LogP contribution in [0.3, 0.4) is 0 Å². The lowest BCUT2D eigenvalue weighted by Crippen LogP contribution is -2.53. The van der Waals surface area contributed by atoms with Gasteiger partial charge in [-0.3, -0.25) is 9.59 Å². The van der Waals surface area contributed by atoms with Crippen molar-refractivity contribution in [3.05, 3.63) is 65.2 Å². The Labute approximate surface area is 173 Å². The molecule has 0 unspecified atom stereocenters. The van der Waals surface area contributed by atoms with E-state index < -0.39 is 6.04 Å². The lowest BCUT2D eigenvalue weighted by molar-refractivity contribution is -0.128. The molecule has 2 atom stereocenters. The molecule has 0 fully saturated rings. The van der Waals surface area contributed by atoms with Crippen LogP contribution in [0.5, 0.6) is 0 Å². The molecule has 29 heavy (non-hydrogen) atoms. The van der Waals surface area contributed by atoms with E-state index in [4.69, 9.17) is 0 Å². The Morgan fingerprint density at radius 3 is 2.41 bits per heavy atom. The van der Waals surface area contributed by atoms with Crippen LogP contribution in [-0.4, -0.2) is 23.9 Å².